The monoisotopic (exact) mass is 336 g/mol. The summed E-state index contributed by atoms with van der Waals surface area (Å²) in [5.41, 5.74) is 2.52. The van der Waals surface area contributed by atoms with Crippen molar-refractivity contribution in [3.05, 3.63) is 47.0 Å². The number of benzene rings is 1. The predicted octanol–water partition coefficient (Wildman–Crippen LogP) is 4.10. The smallest absolute Gasteiger partial charge is 0.0409 e. The van der Waals surface area contributed by atoms with Gasteiger partial charge in [0.05, 0.1) is 0 Å². The fourth-order valence-electron chi connectivity index (χ4n) is 2.50. The summed E-state index contributed by atoms with van der Waals surface area (Å²) in [6.07, 6.45) is 1.00. The first kappa shape index (κ1) is 19.8. The van der Waals surface area contributed by atoms with Crippen molar-refractivity contribution in [2.75, 3.05) is 26.2 Å². The molecule has 1 N–H and O–H groups in total. The van der Waals surface area contributed by atoms with Gasteiger partial charge in [-0.3, -0.25) is 4.90 Å². The van der Waals surface area contributed by atoms with Crippen molar-refractivity contribution in [2.24, 2.45) is 0 Å². The van der Waals surface area contributed by atoms with Crippen LogP contribution < -0.4 is 5.32 Å². The van der Waals surface area contributed by atoms with Gasteiger partial charge in [-0.2, -0.15) is 0 Å². The molecule has 114 valence electrons. The van der Waals surface area contributed by atoms with Gasteiger partial charge in [0.2, 0.25) is 0 Å². The van der Waals surface area contributed by atoms with Crippen LogP contribution in [0.5, 0.6) is 0 Å². The quantitative estimate of drug-likeness (QED) is 0.832. The summed E-state index contributed by atoms with van der Waals surface area (Å²) in [5.74, 6) is 0. The molecule has 1 atom stereocenters. The molecule has 0 saturated carbocycles. The average molecular weight is 338 g/mol. The molecule has 0 aliphatic carbocycles. The van der Waals surface area contributed by atoms with E-state index in [0.717, 1.165) is 37.6 Å². The first-order chi connectivity index (χ1) is 8.66. The van der Waals surface area contributed by atoms with Gasteiger partial charge in [-0.1, -0.05) is 29.3 Å². The molecule has 1 aliphatic rings. The van der Waals surface area contributed by atoms with Gasteiger partial charge in [0.1, 0.15) is 0 Å². The van der Waals surface area contributed by atoms with Crippen LogP contribution in [-0.2, 0) is 0 Å². The fraction of sp³-hybridized carbons (Fsp3) is 0.467. The Kier molecular flexibility index (Phi) is 9.52. The van der Waals surface area contributed by atoms with Crippen LogP contribution in [0, 0.1) is 0 Å². The summed E-state index contributed by atoms with van der Waals surface area (Å²) in [6.45, 7) is 10.5. The van der Waals surface area contributed by atoms with E-state index in [0.29, 0.717) is 6.04 Å². The third kappa shape index (κ3) is 5.63. The Morgan fingerprint density at radius 1 is 1.35 bits per heavy atom. The van der Waals surface area contributed by atoms with E-state index in [9.17, 15) is 0 Å². The van der Waals surface area contributed by atoms with Gasteiger partial charge >= 0.3 is 0 Å². The van der Waals surface area contributed by atoms with E-state index in [2.05, 4.69) is 35.9 Å². The summed E-state index contributed by atoms with van der Waals surface area (Å²) >= 11 is 6.11. The SMILES string of the molecule is C=C(C)C[C@@H](c1cccc(Cl)c1)N1CCNCC1.Cl.Cl. The number of piperazine rings is 1. The van der Waals surface area contributed by atoms with Crippen molar-refractivity contribution >= 4 is 36.4 Å². The molecule has 0 unspecified atom stereocenters. The summed E-state index contributed by atoms with van der Waals surface area (Å²) < 4.78 is 0. The van der Waals surface area contributed by atoms with E-state index in [1.807, 2.05) is 12.1 Å². The molecule has 20 heavy (non-hydrogen) atoms. The van der Waals surface area contributed by atoms with Crippen LogP contribution in [0.2, 0.25) is 5.02 Å². The minimum absolute atomic E-state index is 0. The average Bonchev–Trinajstić information content (AvgIpc) is 2.37. The van der Waals surface area contributed by atoms with Crippen LogP contribution in [0.3, 0.4) is 0 Å². The summed E-state index contributed by atoms with van der Waals surface area (Å²) in [7, 11) is 0. The van der Waals surface area contributed by atoms with Crippen LogP contribution in [0.15, 0.2) is 36.4 Å². The largest absolute Gasteiger partial charge is 0.314 e. The van der Waals surface area contributed by atoms with E-state index in [1.54, 1.807) is 0 Å². The molecule has 1 heterocycles. The Hall–Kier alpha value is -0.250. The van der Waals surface area contributed by atoms with E-state index in [-0.39, 0.29) is 24.8 Å². The normalized spacial score (nSPS) is 16.7. The minimum atomic E-state index is 0. The van der Waals surface area contributed by atoms with E-state index in [1.165, 1.54) is 11.1 Å². The molecule has 0 bridgehead atoms. The number of halogens is 3. The first-order valence-electron chi connectivity index (χ1n) is 6.51. The summed E-state index contributed by atoms with van der Waals surface area (Å²) in [4.78, 5) is 2.52. The molecule has 1 saturated heterocycles. The lowest BCUT2D eigenvalue weighted by molar-refractivity contribution is 0.172. The van der Waals surface area contributed by atoms with Crippen LogP contribution in [0.25, 0.3) is 0 Å². The van der Waals surface area contributed by atoms with Gasteiger partial charge in [0.15, 0.2) is 0 Å². The Bertz CT molecular complexity index is 417. The second-order valence-electron chi connectivity index (χ2n) is 5.02. The van der Waals surface area contributed by atoms with Crippen LogP contribution in [0.4, 0.5) is 0 Å². The lowest BCUT2D eigenvalue weighted by Crippen LogP contribution is -2.45. The molecule has 1 aromatic rings. The molecule has 1 aliphatic heterocycles. The Labute approximate surface area is 139 Å². The van der Waals surface area contributed by atoms with Gasteiger partial charge in [-0.25, -0.2) is 0 Å². The Morgan fingerprint density at radius 3 is 2.55 bits per heavy atom. The first-order valence-corrected chi connectivity index (χ1v) is 6.89. The van der Waals surface area contributed by atoms with Gasteiger partial charge in [-0.05, 0) is 31.0 Å². The van der Waals surface area contributed by atoms with E-state index < -0.39 is 0 Å². The van der Waals surface area contributed by atoms with Gasteiger partial charge < -0.3 is 5.32 Å². The second-order valence-corrected chi connectivity index (χ2v) is 5.45. The van der Waals surface area contributed by atoms with Crippen molar-refractivity contribution < 1.29 is 0 Å². The highest BCUT2D eigenvalue weighted by Gasteiger charge is 2.22. The predicted molar refractivity (Wildman–Crippen MR) is 92.6 cm³/mol. The summed E-state index contributed by atoms with van der Waals surface area (Å²) in [6, 6.07) is 8.62. The lowest BCUT2D eigenvalue weighted by atomic mass is 9.98. The molecule has 2 nitrogen and oxygen atoms in total. The molecular formula is C15H23Cl3N2. The maximum absolute atomic E-state index is 6.11. The molecule has 0 radical (unpaired) electrons. The molecule has 2 rings (SSSR count). The molecule has 5 heteroatoms. The maximum atomic E-state index is 6.11. The number of nitrogens with zero attached hydrogens (tertiary/aromatic N) is 1. The molecule has 0 aromatic heterocycles. The number of hydrogen-bond acceptors (Lipinski definition) is 2. The van der Waals surface area contributed by atoms with Gasteiger partial charge in [0.25, 0.3) is 0 Å². The van der Waals surface area contributed by atoms with Crippen molar-refractivity contribution in [1.29, 1.82) is 0 Å². The van der Waals surface area contributed by atoms with Gasteiger partial charge in [-0.15, -0.1) is 31.4 Å². The highest BCUT2D eigenvalue weighted by atomic mass is 35.5. The molecule has 0 amide bonds. The van der Waals surface area contributed by atoms with Crippen LogP contribution in [-0.4, -0.2) is 31.1 Å². The highest BCUT2D eigenvalue weighted by molar-refractivity contribution is 6.30. The molecule has 0 spiro atoms. The zero-order valence-electron chi connectivity index (χ0n) is 11.8. The number of hydrogen-bond donors (Lipinski definition) is 1. The minimum Gasteiger partial charge on any atom is -0.314 e. The molecular weight excluding hydrogens is 315 g/mol. The maximum Gasteiger partial charge on any atom is 0.0409 e. The number of nitrogens with one attached hydrogen (secondary N) is 1. The van der Waals surface area contributed by atoms with Gasteiger partial charge in [0, 0.05) is 37.2 Å². The number of rotatable bonds is 4. The van der Waals surface area contributed by atoms with E-state index >= 15 is 0 Å². The summed E-state index contributed by atoms with van der Waals surface area (Å²) in [5, 5.41) is 4.21. The van der Waals surface area contributed by atoms with Crippen LogP contribution in [0.1, 0.15) is 24.9 Å². The highest BCUT2D eigenvalue weighted by Crippen LogP contribution is 2.29. The Morgan fingerprint density at radius 2 is 2.00 bits per heavy atom. The van der Waals surface area contributed by atoms with Crippen molar-refractivity contribution in [3.8, 4) is 0 Å². The van der Waals surface area contributed by atoms with Crippen molar-refractivity contribution in [3.63, 3.8) is 0 Å². The zero-order chi connectivity index (χ0) is 13.0. The second kappa shape index (κ2) is 9.64. The van der Waals surface area contributed by atoms with Crippen LogP contribution >= 0.6 is 36.4 Å². The lowest BCUT2D eigenvalue weighted by Gasteiger charge is -2.35. The third-order valence-corrected chi connectivity index (χ3v) is 3.60. The van der Waals surface area contributed by atoms with Crippen molar-refractivity contribution in [1.82, 2.24) is 10.2 Å². The standard InChI is InChI=1S/C15H21ClN2.2ClH/c1-12(2)10-15(18-8-6-17-7-9-18)13-4-3-5-14(16)11-13;;/h3-5,11,15,17H,1,6-10H2,2H3;2*1H/t15-;;/m0../s1. The fourth-order valence-corrected chi connectivity index (χ4v) is 2.69. The van der Waals surface area contributed by atoms with Crippen molar-refractivity contribution in [2.45, 2.75) is 19.4 Å². The Balaban J connectivity index is 0.00000180. The zero-order valence-corrected chi connectivity index (χ0v) is 14.2. The van der Waals surface area contributed by atoms with E-state index in [4.69, 9.17) is 11.6 Å². The molecule has 1 fully saturated rings. The third-order valence-electron chi connectivity index (χ3n) is 3.37. The molecule has 1 aromatic carbocycles. The topological polar surface area (TPSA) is 15.3 Å².